The van der Waals surface area contributed by atoms with Crippen LogP contribution < -0.4 is 5.32 Å². The van der Waals surface area contributed by atoms with Gasteiger partial charge in [-0.2, -0.15) is 0 Å². The molecule has 132 valence electrons. The monoisotopic (exact) mass is 366 g/mol. The highest BCUT2D eigenvalue weighted by atomic mass is 35.5. The number of hydrogen-bond donors (Lipinski definition) is 1. The predicted molar refractivity (Wildman–Crippen MR) is 101 cm³/mol. The highest BCUT2D eigenvalue weighted by Crippen LogP contribution is 2.31. The number of carbonyl (C=O) groups is 1. The van der Waals surface area contributed by atoms with Gasteiger partial charge in [-0.1, -0.05) is 48.0 Å². The number of fused-ring (bicyclic) bond motifs is 1. The van der Waals surface area contributed by atoms with Gasteiger partial charge in [0.1, 0.15) is 0 Å². The second kappa shape index (κ2) is 7.34. The average Bonchev–Trinajstić information content (AvgIpc) is 3.28. The summed E-state index contributed by atoms with van der Waals surface area (Å²) < 4.78 is 5.75. The maximum atomic E-state index is 12.3. The summed E-state index contributed by atoms with van der Waals surface area (Å²) in [6.45, 7) is 0. The van der Waals surface area contributed by atoms with E-state index in [1.807, 2.05) is 36.4 Å². The number of nitrogens with zero attached hydrogens (tertiary/aromatic N) is 1. The van der Waals surface area contributed by atoms with Crippen molar-refractivity contribution in [3.8, 4) is 11.3 Å². The lowest BCUT2D eigenvalue weighted by Gasteiger charge is -2.13. The summed E-state index contributed by atoms with van der Waals surface area (Å²) in [7, 11) is 0. The Balaban J connectivity index is 1.35. The maximum Gasteiger partial charge on any atom is 0.220 e. The molecule has 1 aromatic heterocycles. The predicted octanol–water partition coefficient (Wildman–Crippen LogP) is 4.73. The first kappa shape index (κ1) is 16.9. The van der Waals surface area contributed by atoms with Crippen molar-refractivity contribution in [2.75, 3.05) is 0 Å². The van der Waals surface area contributed by atoms with Gasteiger partial charge in [0.25, 0.3) is 0 Å². The van der Waals surface area contributed by atoms with Crippen LogP contribution in [0, 0.1) is 0 Å². The van der Waals surface area contributed by atoms with Gasteiger partial charge in [0.2, 0.25) is 5.91 Å². The van der Waals surface area contributed by atoms with Crippen LogP contribution in [0.3, 0.4) is 0 Å². The Morgan fingerprint density at radius 2 is 2.00 bits per heavy atom. The van der Waals surface area contributed by atoms with Crippen molar-refractivity contribution in [2.24, 2.45) is 0 Å². The molecule has 0 radical (unpaired) electrons. The van der Waals surface area contributed by atoms with E-state index in [0.29, 0.717) is 29.5 Å². The molecule has 4 rings (SSSR count). The van der Waals surface area contributed by atoms with E-state index in [1.165, 1.54) is 11.1 Å². The smallest absolute Gasteiger partial charge is 0.220 e. The molecule has 1 atom stereocenters. The number of nitrogens with one attached hydrogen (secondary N) is 1. The molecule has 5 heteroatoms. The fourth-order valence-corrected chi connectivity index (χ4v) is 3.63. The van der Waals surface area contributed by atoms with Gasteiger partial charge in [0, 0.05) is 18.4 Å². The molecule has 1 heterocycles. The van der Waals surface area contributed by atoms with E-state index in [0.717, 1.165) is 18.4 Å². The molecule has 1 N–H and O–H groups in total. The molecule has 1 unspecified atom stereocenters. The first-order valence-corrected chi connectivity index (χ1v) is 9.15. The van der Waals surface area contributed by atoms with Gasteiger partial charge in [-0.3, -0.25) is 4.79 Å². The van der Waals surface area contributed by atoms with Crippen molar-refractivity contribution in [1.29, 1.82) is 0 Å². The van der Waals surface area contributed by atoms with Crippen molar-refractivity contribution >= 4 is 17.5 Å². The van der Waals surface area contributed by atoms with Gasteiger partial charge in [0.05, 0.1) is 17.3 Å². The molecule has 0 bridgehead atoms. The highest BCUT2D eigenvalue weighted by Gasteiger charge is 2.23. The van der Waals surface area contributed by atoms with Crippen molar-refractivity contribution < 1.29 is 9.21 Å². The molecule has 1 aliphatic rings. The fourth-order valence-electron chi connectivity index (χ4n) is 3.41. The van der Waals surface area contributed by atoms with Crippen molar-refractivity contribution in [3.63, 3.8) is 0 Å². The highest BCUT2D eigenvalue weighted by molar-refractivity contribution is 6.33. The average molecular weight is 367 g/mol. The van der Waals surface area contributed by atoms with E-state index < -0.39 is 0 Å². The first-order chi connectivity index (χ1) is 12.7. The molecular formula is C21H19ClN2O2. The molecule has 4 nitrogen and oxygen atoms in total. The minimum absolute atomic E-state index is 0.0178. The topological polar surface area (TPSA) is 55.1 Å². The minimum Gasteiger partial charge on any atom is -0.441 e. The number of aryl methyl sites for hydroxylation is 2. The summed E-state index contributed by atoms with van der Waals surface area (Å²) in [4.78, 5) is 16.6. The van der Waals surface area contributed by atoms with E-state index in [9.17, 15) is 4.79 Å². The van der Waals surface area contributed by atoms with Gasteiger partial charge < -0.3 is 9.73 Å². The molecule has 0 aliphatic heterocycles. The third-order valence-corrected chi connectivity index (χ3v) is 5.06. The lowest BCUT2D eigenvalue weighted by Crippen LogP contribution is -2.27. The standard InChI is InChI=1S/C21H19ClN2O2/c22-17-8-4-3-7-16(17)19-13-23-21(26-19)12-11-20(25)24-18-10-9-14-5-1-2-6-15(14)18/h1-8,13,18H,9-12H2,(H,24,25). The zero-order chi connectivity index (χ0) is 17.9. The molecule has 0 saturated heterocycles. The molecule has 1 aliphatic carbocycles. The zero-order valence-electron chi connectivity index (χ0n) is 14.2. The van der Waals surface area contributed by atoms with Gasteiger partial charge in [-0.25, -0.2) is 4.98 Å². The van der Waals surface area contributed by atoms with Crippen LogP contribution in [0.15, 0.2) is 59.1 Å². The van der Waals surface area contributed by atoms with Crippen LogP contribution in [0.25, 0.3) is 11.3 Å². The van der Waals surface area contributed by atoms with E-state index in [1.54, 1.807) is 6.20 Å². The summed E-state index contributed by atoms with van der Waals surface area (Å²) in [6.07, 6.45) is 4.44. The molecule has 0 fully saturated rings. The van der Waals surface area contributed by atoms with Gasteiger partial charge >= 0.3 is 0 Å². The maximum absolute atomic E-state index is 12.3. The lowest BCUT2D eigenvalue weighted by atomic mass is 10.1. The van der Waals surface area contributed by atoms with Crippen LogP contribution >= 0.6 is 11.6 Å². The van der Waals surface area contributed by atoms with Crippen LogP contribution in [0.2, 0.25) is 5.02 Å². The van der Waals surface area contributed by atoms with Crippen molar-refractivity contribution in [2.45, 2.75) is 31.7 Å². The molecule has 0 spiro atoms. The quantitative estimate of drug-likeness (QED) is 0.710. The van der Waals surface area contributed by atoms with E-state index >= 15 is 0 Å². The molecular weight excluding hydrogens is 348 g/mol. The second-order valence-electron chi connectivity index (χ2n) is 6.46. The third kappa shape index (κ3) is 3.51. The lowest BCUT2D eigenvalue weighted by molar-refractivity contribution is -0.121. The Hall–Kier alpha value is -2.59. The van der Waals surface area contributed by atoms with Gasteiger partial charge in [-0.15, -0.1) is 0 Å². The van der Waals surface area contributed by atoms with Crippen LogP contribution in [0.4, 0.5) is 0 Å². The molecule has 26 heavy (non-hydrogen) atoms. The number of oxazole rings is 1. The Morgan fingerprint density at radius 1 is 1.19 bits per heavy atom. The van der Waals surface area contributed by atoms with Crippen LogP contribution in [0.1, 0.15) is 35.9 Å². The summed E-state index contributed by atoms with van der Waals surface area (Å²) >= 11 is 6.18. The van der Waals surface area contributed by atoms with Gasteiger partial charge in [0.15, 0.2) is 11.7 Å². The summed E-state index contributed by atoms with van der Waals surface area (Å²) in [5, 5.41) is 3.74. The molecule has 3 aromatic rings. The summed E-state index contributed by atoms with van der Waals surface area (Å²) in [6, 6.07) is 15.9. The number of aromatic nitrogens is 1. The van der Waals surface area contributed by atoms with Gasteiger partial charge in [-0.05, 0) is 36.1 Å². The van der Waals surface area contributed by atoms with Crippen LogP contribution in [-0.2, 0) is 17.6 Å². The summed E-state index contributed by atoms with van der Waals surface area (Å²) in [5.74, 6) is 1.18. The molecule has 1 amide bonds. The largest absolute Gasteiger partial charge is 0.441 e. The fraction of sp³-hybridized carbons (Fsp3) is 0.238. The summed E-state index contributed by atoms with van der Waals surface area (Å²) in [5.41, 5.74) is 3.37. The van der Waals surface area contributed by atoms with Crippen LogP contribution in [-0.4, -0.2) is 10.9 Å². The molecule has 2 aromatic carbocycles. The Bertz CT molecular complexity index is 935. The number of hydrogen-bond acceptors (Lipinski definition) is 3. The normalized spacial score (nSPS) is 15.7. The van der Waals surface area contributed by atoms with Crippen molar-refractivity contribution in [1.82, 2.24) is 10.3 Å². The minimum atomic E-state index is 0.0178. The second-order valence-corrected chi connectivity index (χ2v) is 6.86. The number of amides is 1. The SMILES string of the molecule is O=C(CCc1ncc(-c2ccccc2Cl)o1)NC1CCc2ccccc21. The van der Waals surface area contributed by atoms with Crippen molar-refractivity contribution in [3.05, 3.63) is 76.8 Å². The Morgan fingerprint density at radius 3 is 2.88 bits per heavy atom. The zero-order valence-corrected chi connectivity index (χ0v) is 15.0. The first-order valence-electron chi connectivity index (χ1n) is 8.77. The number of carbonyl (C=O) groups excluding carboxylic acids is 1. The Labute approximate surface area is 157 Å². The Kier molecular flexibility index (Phi) is 4.76. The van der Waals surface area contributed by atoms with E-state index in [-0.39, 0.29) is 11.9 Å². The van der Waals surface area contributed by atoms with E-state index in [2.05, 4.69) is 22.4 Å². The number of benzene rings is 2. The number of halogens is 1. The van der Waals surface area contributed by atoms with Crippen LogP contribution in [0.5, 0.6) is 0 Å². The molecule has 0 saturated carbocycles. The van der Waals surface area contributed by atoms with E-state index in [4.69, 9.17) is 16.0 Å². The number of rotatable bonds is 5. The third-order valence-electron chi connectivity index (χ3n) is 4.73.